The lowest BCUT2D eigenvalue weighted by molar-refractivity contribution is -0.130. The second kappa shape index (κ2) is 5.44. The summed E-state index contributed by atoms with van der Waals surface area (Å²) >= 11 is 0. The molecule has 1 atom stereocenters. The fraction of sp³-hybridized carbons (Fsp3) is 0.562. The zero-order valence-electron chi connectivity index (χ0n) is 12.0. The molecule has 1 aliphatic heterocycles. The van der Waals surface area contributed by atoms with Crippen LogP contribution < -0.4 is 0 Å². The number of phenolic OH excluding ortho intramolecular Hbond substituents is 1. The van der Waals surface area contributed by atoms with Crippen molar-refractivity contribution < 1.29 is 9.90 Å². The third-order valence-corrected chi connectivity index (χ3v) is 4.61. The van der Waals surface area contributed by atoms with Gasteiger partial charge in [0.25, 0.3) is 0 Å². The molecule has 0 aromatic heterocycles. The molecule has 1 aromatic carbocycles. The molecule has 1 fully saturated rings. The van der Waals surface area contributed by atoms with E-state index < -0.39 is 0 Å². The van der Waals surface area contributed by atoms with Crippen molar-refractivity contribution in [2.24, 2.45) is 0 Å². The molecule has 1 heterocycles. The lowest BCUT2D eigenvalue weighted by Crippen LogP contribution is -2.49. The number of amides is 1. The molecule has 0 saturated carbocycles. The number of carbonyl (C=O) groups excluding carboxylic acids is 1. The van der Waals surface area contributed by atoms with Gasteiger partial charge in [-0.1, -0.05) is 6.07 Å². The Bertz CT molecular complexity index is 507. The Morgan fingerprint density at radius 2 is 2.00 bits per heavy atom. The number of benzene rings is 1. The maximum Gasteiger partial charge on any atom is 0.219 e. The molecule has 1 amide bonds. The van der Waals surface area contributed by atoms with Gasteiger partial charge >= 0.3 is 0 Å². The highest BCUT2D eigenvalue weighted by Crippen LogP contribution is 2.36. The Kier molecular flexibility index (Phi) is 3.66. The number of hydrogen-bond donors (Lipinski definition) is 1. The van der Waals surface area contributed by atoms with Gasteiger partial charge in [-0.15, -0.1) is 0 Å². The second-order valence-electron chi connectivity index (χ2n) is 5.83. The van der Waals surface area contributed by atoms with E-state index in [2.05, 4.69) is 11.0 Å². The Labute approximate surface area is 120 Å². The highest BCUT2D eigenvalue weighted by atomic mass is 16.3. The van der Waals surface area contributed by atoms with Crippen molar-refractivity contribution in [3.63, 3.8) is 0 Å². The first-order chi connectivity index (χ1) is 9.65. The van der Waals surface area contributed by atoms with Crippen LogP contribution >= 0.6 is 0 Å². The number of phenols is 1. The lowest BCUT2D eigenvalue weighted by Gasteiger charge is -2.41. The minimum Gasteiger partial charge on any atom is -0.508 e. The first kappa shape index (κ1) is 13.4. The third kappa shape index (κ3) is 2.52. The summed E-state index contributed by atoms with van der Waals surface area (Å²) in [4.78, 5) is 15.8. The Morgan fingerprint density at radius 1 is 1.25 bits per heavy atom. The van der Waals surface area contributed by atoms with Gasteiger partial charge in [-0.25, -0.2) is 0 Å². The molecule has 2 aliphatic rings. The smallest absolute Gasteiger partial charge is 0.219 e. The van der Waals surface area contributed by atoms with Crippen molar-refractivity contribution in [1.82, 2.24) is 9.80 Å². The van der Waals surface area contributed by atoms with Crippen molar-refractivity contribution in [3.05, 3.63) is 29.3 Å². The van der Waals surface area contributed by atoms with Gasteiger partial charge in [0.05, 0.1) is 0 Å². The van der Waals surface area contributed by atoms with Crippen LogP contribution in [0.1, 0.15) is 36.9 Å². The molecule has 1 aliphatic carbocycles. The number of hydrogen-bond acceptors (Lipinski definition) is 3. The third-order valence-electron chi connectivity index (χ3n) is 4.61. The minimum absolute atomic E-state index is 0.179. The van der Waals surface area contributed by atoms with Crippen molar-refractivity contribution in [2.45, 2.75) is 32.2 Å². The predicted octanol–water partition coefficient (Wildman–Crippen LogP) is 1.93. The normalized spacial score (nSPS) is 23.4. The monoisotopic (exact) mass is 274 g/mol. The van der Waals surface area contributed by atoms with Crippen molar-refractivity contribution in [2.75, 3.05) is 26.2 Å². The van der Waals surface area contributed by atoms with Gasteiger partial charge in [0, 0.05) is 39.1 Å². The molecule has 4 nitrogen and oxygen atoms in total. The summed E-state index contributed by atoms with van der Waals surface area (Å²) in [5.74, 6) is 0.546. The standard InChI is InChI=1S/C16H22N2O2/c1-12(19)17-7-9-18(10-8-17)16-4-2-3-13-11-14(20)5-6-15(13)16/h5-6,11,16,20H,2-4,7-10H2,1H3. The highest BCUT2D eigenvalue weighted by Gasteiger charge is 2.29. The number of aryl methyl sites for hydroxylation is 1. The maximum atomic E-state index is 11.4. The number of nitrogens with zero attached hydrogens (tertiary/aromatic N) is 2. The van der Waals surface area contributed by atoms with E-state index >= 15 is 0 Å². The number of carbonyl (C=O) groups is 1. The largest absolute Gasteiger partial charge is 0.508 e. The SMILES string of the molecule is CC(=O)N1CCN(C2CCCc3cc(O)ccc32)CC1. The fourth-order valence-electron chi connectivity index (χ4n) is 3.50. The van der Waals surface area contributed by atoms with Crippen LogP contribution in [0.2, 0.25) is 0 Å². The van der Waals surface area contributed by atoms with Gasteiger partial charge in [-0.2, -0.15) is 0 Å². The van der Waals surface area contributed by atoms with Crippen molar-refractivity contribution in [3.8, 4) is 5.75 Å². The minimum atomic E-state index is 0.179. The molecule has 1 unspecified atom stereocenters. The van der Waals surface area contributed by atoms with E-state index in [4.69, 9.17) is 0 Å². The summed E-state index contributed by atoms with van der Waals surface area (Å²) in [6, 6.07) is 6.23. The van der Waals surface area contributed by atoms with Gasteiger partial charge in [0.1, 0.15) is 5.75 Å². The second-order valence-corrected chi connectivity index (χ2v) is 5.83. The Balaban J connectivity index is 1.75. The van der Waals surface area contributed by atoms with Crippen molar-refractivity contribution >= 4 is 5.91 Å². The molecule has 4 heteroatoms. The first-order valence-electron chi connectivity index (χ1n) is 7.46. The summed E-state index contributed by atoms with van der Waals surface area (Å²) in [5, 5.41) is 9.62. The molecular weight excluding hydrogens is 252 g/mol. The zero-order valence-corrected chi connectivity index (χ0v) is 12.0. The van der Waals surface area contributed by atoms with Gasteiger partial charge < -0.3 is 10.0 Å². The molecule has 0 radical (unpaired) electrons. The van der Waals surface area contributed by atoms with Crippen LogP contribution in [0.15, 0.2) is 18.2 Å². The van der Waals surface area contributed by atoms with E-state index in [-0.39, 0.29) is 5.91 Å². The predicted molar refractivity (Wildman–Crippen MR) is 77.6 cm³/mol. The highest BCUT2D eigenvalue weighted by molar-refractivity contribution is 5.73. The summed E-state index contributed by atoms with van der Waals surface area (Å²) < 4.78 is 0. The lowest BCUT2D eigenvalue weighted by atomic mass is 9.86. The summed E-state index contributed by atoms with van der Waals surface area (Å²) in [6.45, 7) is 5.21. The number of aromatic hydroxyl groups is 1. The van der Waals surface area contributed by atoms with Gasteiger partial charge in [-0.05, 0) is 42.5 Å². The maximum absolute atomic E-state index is 11.4. The topological polar surface area (TPSA) is 43.8 Å². The van der Waals surface area contributed by atoms with E-state index in [1.165, 1.54) is 24.0 Å². The Morgan fingerprint density at radius 3 is 2.70 bits per heavy atom. The average Bonchev–Trinajstić information content (AvgIpc) is 2.46. The van der Waals surface area contributed by atoms with Crippen LogP contribution in [-0.2, 0) is 11.2 Å². The zero-order chi connectivity index (χ0) is 14.1. The van der Waals surface area contributed by atoms with E-state index in [0.29, 0.717) is 11.8 Å². The average molecular weight is 274 g/mol. The van der Waals surface area contributed by atoms with Crippen molar-refractivity contribution in [1.29, 1.82) is 0 Å². The molecule has 0 spiro atoms. The molecule has 20 heavy (non-hydrogen) atoms. The molecule has 1 saturated heterocycles. The number of fused-ring (bicyclic) bond motifs is 1. The van der Waals surface area contributed by atoms with Gasteiger partial charge in [0.15, 0.2) is 0 Å². The number of piperazine rings is 1. The van der Waals surface area contributed by atoms with E-state index in [1.54, 1.807) is 13.0 Å². The molecule has 1 N–H and O–H groups in total. The van der Waals surface area contributed by atoms with Crippen LogP contribution in [0.5, 0.6) is 5.75 Å². The molecule has 0 bridgehead atoms. The molecule has 108 valence electrons. The van der Waals surface area contributed by atoms with Gasteiger partial charge in [-0.3, -0.25) is 9.69 Å². The van der Waals surface area contributed by atoms with E-state index in [1.807, 2.05) is 11.0 Å². The molecule has 1 aromatic rings. The van der Waals surface area contributed by atoms with Crippen LogP contribution in [0, 0.1) is 0 Å². The summed E-state index contributed by atoms with van der Waals surface area (Å²) in [5.41, 5.74) is 2.65. The van der Waals surface area contributed by atoms with E-state index in [0.717, 1.165) is 32.6 Å². The van der Waals surface area contributed by atoms with Crippen LogP contribution in [0.4, 0.5) is 0 Å². The summed E-state index contributed by atoms with van der Waals surface area (Å²) in [7, 11) is 0. The van der Waals surface area contributed by atoms with Crippen LogP contribution in [-0.4, -0.2) is 47.0 Å². The Hall–Kier alpha value is -1.55. The fourth-order valence-corrected chi connectivity index (χ4v) is 3.50. The number of rotatable bonds is 1. The molecule has 3 rings (SSSR count). The first-order valence-corrected chi connectivity index (χ1v) is 7.46. The van der Waals surface area contributed by atoms with E-state index in [9.17, 15) is 9.90 Å². The van der Waals surface area contributed by atoms with Crippen LogP contribution in [0.25, 0.3) is 0 Å². The quantitative estimate of drug-likeness (QED) is 0.851. The van der Waals surface area contributed by atoms with Crippen LogP contribution in [0.3, 0.4) is 0 Å². The molecular formula is C16H22N2O2. The summed E-state index contributed by atoms with van der Waals surface area (Å²) in [6.07, 6.45) is 3.42. The van der Waals surface area contributed by atoms with Gasteiger partial charge in [0.2, 0.25) is 5.91 Å².